The van der Waals surface area contributed by atoms with Gasteiger partial charge in [0.2, 0.25) is 0 Å². The van der Waals surface area contributed by atoms with Crippen molar-refractivity contribution >= 4 is 17.8 Å². The summed E-state index contributed by atoms with van der Waals surface area (Å²) < 4.78 is 43.6. The lowest BCUT2D eigenvalue weighted by molar-refractivity contribution is -0.146. The highest BCUT2D eigenvalue weighted by atomic mass is 19.4. The van der Waals surface area contributed by atoms with Crippen LogP contribution in [0.25, 0.3) is 0 Å². The summed E-state index contributed by atoms with van der Waals surface area (Å²) in [5.74, 6) is -4.18. The molecule has 1 amide bonds. The molecule has 1 aromatic carbocycles. The zero-order valence-corrected chi connectivity index (χ0v) is 13.6. The summed E-state index contributed by atoms with van der Waals surface area (Å²) >= 11 is 0. The number of halogens is 3. The first-order valence-corrected chi connectivity index (χ1v) is 7.43. The summed E-state index contributed by atoms with van der Waals surface area (Å²) in [6.07, 6.45) is -5.06. The molecule has 0 spiro atoms. The van der Waals surface area contributed by atoms with Crippen molar-refractivity contribution in [3.63, 3.8) is 0 Å². The molecule has 6 nitrogen and oxygen atoms in total. The summed E-state index contributed by atoms with van der Waals surface area (Å²) in [6, 6.07) is 2.50. The monoisotopic (exact) mass is 361 g/mol. The van der Waals surface area contributed by atoms with Gasteiger partial charge in [0, 0.05) is 0 Å². The molecule has 138 valence electrons. The van der Waals surface area contributed by atoms with Crippen molar-refractivity contribution in [3.8, 4) is 0 Å². The fraction of sp³-hybridized carbons (Fsp3) is 0.438. The highest BCUT2D eigenvalue weighted by molar-refractivity contribution is 5.98. The first kappa shape index (κ1) is 20.5. The number of alkyl halides is 3. The van der Waals surface area contributed by atoms with Gasteiger partial charge in [0.25, 0.3) is 5.91 Å². The van der Waals surface area contributed by atoms with E-state index in [0.29, 0.717) is 0 Å². The summed E-state index contributed by atoms with van der Waals surface area (Å²) in [5, 5.41) is 11.3. The number of hydrogen-bond donors (Lipinski definition) is 2. The molecule has 0 bridgehead atoms. The summed E-state index contributed by atoms with van der Waals surface area (Å²) in [7, 11) is 0. The topological polar surface area (TPSA) is 92.7 Å². The Morgan fingerprint density at radius 2 is 1.84 bits per heavy atom. The molecule has 9 heteroatoms. The molecule has 0 saturated heterocycles. The van der Waals surface area contributed by atoms with Gasteiger partial charge in [-0.25, -0.2) is 4.79 Å². The number of rotatable bonds is 7. The summed E-state index contributed by atoms with van der Waals surface area (Å²) in [6.45, 7) is 3.06. The molecular formula is C16H18F3NO5. The Morgan fingerprint density at radius 3 is 2.36 bits per heavy atom. The van der Waals surface area contributed by atoms with Crippen LogP contribution < -0.4 is 5.32 Å². The van der Waals surface area contributed by atoms with E-state index in [0.717, 1.165) is 18.2 Å². The summed E-state index contributed by atoms with van der Waals surface area (Å²) in [5.41, 5.74) is -1.86. The number of benzene rings is 1. The van der Waals surface area contributed by atoms with Crippen LogP contribution in [0.4, 0.5) is 13.2 Å². The highest BCUT2D eigenvalue weighted by Crippen LogP contribution is 2.31. The van der Waals surface area contributed by atoms with Crippen LogP contribution in [0.3, 0.4) is 0 Å². The van der Waals surface area contributed by atoms with Gasteiger partial charge in [0.1, 0.15) is 6.04 Å². The smallest absolute Gasteiger partial charge is 0.417 e. The van der Waals surface area contributed by atoms with Gasteiger partial charge >= 0.3 is 18.1 Å². The van der Waals surface area contributed by atoms with Gasteiger partial charge in [-0.15, -0.1) is 0 Å². The van der Waals surface area contributed by atoms with E-state index in [-0.39, 0.29) is 13.0 Å². The Kier molecular flexibility index (Phi) is 6.96. The standard InChI is InChI=1S/C16H18F3NO5/c1-3-25-12(21)8-9(2)13(15(23)24)20-14(22)10-6-4-5-7-11(10)16(17,18)19/h4-7,9,13H,3,8H2,1-2H3,(H,20,22)(H,23,24)/t9-,13+/m0/s1. The van der Waals surface area contributed by atoms with Crippen LogP contribution in [0.5, 0.6) is 0 Å². The number of hydrogen-bond acceptors (Lipinski definition) is 4. The predicted octanol–water partition coefficient (Wildman–Crippen LogP) is 2.48. The number of esters is 1. The number of aliphatic carboxylic acids is 1. The Balaban J connectivity index is 2.98. The normalized spacial score (nSPS) is 13.6. The van der Waals surface area contributed by atoms with Gasteiger partial charge in [0.05, 0.1) is 24.2 Å². The fourth-order valence-corrected chi connectivity index (χ4v) is 2.20. The van der Waals surface area contributed by atoms with Gasteiger partial charge in [0.15, 0.2) is 0 Å². The molecule has 1 aromatic rings. The molecule has 0 radical (unpaired) electrons. The molecule has 0 aromatic heterocycles. The third-order valence-corrected chi connectivity index (χ3v) is 3.39. The molecule has 2 N–H and O–H groups in total. The lowest BCUT2D eigenvalue weighted by Gasteiger charge is -2.21. The van der Waals surface area contributed by atoms with E-state index in [2.05, 4.69) is 0 Å². The van der Waals surface area contributed by atoms with E-state index in [4.69, 9.17) is 4.74 Å². The molecule has 0 aliphatic carbocycles. The largest absolute Gasteiger partial charge is 0.480 e. The van der Waals surface area contributed by atoms with E-state index in [1.54, 1.807) is 6.92 Å². The number of nitrogens with one attached hydrogen (secondary N) is 1. The molecule has 0 saturated carbocycles. The third-order valence-electron chi connectivity index (χ3n) is 3.39. The maximum Gasteiger partial charge on any atom is 0.417 e. The average Bonchev–Trinajstić information content (AvgIpc) is 2.51. The predicted molar refractivity (Wildman–Crippen MR) is 80.7 cm³/mol. The minimum atomic E-state index is -4.76. The first-order chi connectivity index (χ1) is 11.6. The van der Waals surface area contributed by atoms with E-state index in [9.17, 15) is 32.7 Å². The van der Waals surface area contributed by atoms with Crippen molar-refractivity contribution in [3.05, 3.63) is 35.4 Å². The van der Waals surface area contributed by atoms with Crippen LogP contribution in [0, 0.1) is 5.92 Å². The number of carboxylic acid groups (broad SMARTS) is 1. The molecule has 0 fully saturated rings. The van der Waals surface area contributed by atoms with Crippen LogP contribution in [-0.4, -0.2) is 35.6 Å². The van der Waals surface area contributed by atoms with Crippen molar-refractivity contribution in [2.75, 3.05) is 6.61 Å². The minimum Gasteiger partial charge on any atom is -0.480 e. The average molecular weight is 361 g/mol. The Hall–Kier alpha value is -2.58. The first-order valence-electron chi connectivity index (χ1n) is 7.43. The van der Waals surface area contributed by atoms with Crippen molar-refractivity contribution in [2.24, 2.45) is 5.92 Å². The highest BCUT2D eigenvalue weighted by Gasteiger charge is 2.36. The van der Waals surface area contributed by atoms with Crippen LogP contribution in [0.2, 0.25) is 0 Å². The molecule has 2 atom stereocenters. The molecule has 0 heterocycles. The fourth-order valence-electron chi connectivity index (χ4n) is 2.20. The Labute approximate surface area is 142 Å². The number of amides is 1. The Morgan fingerprint density at radius 1 is 1.24 bits per heavy atom. The molecular weight excluding hydrogens is 343 g/mol. The molecule has 0 unspecified atom stereocenters. The number of carboxylic acids is 1. The van der Waals surface area contributed by atoms with E-state index >= 15 is 0 Å². The van der Waals surface area contributed by atoms with Crippen LogP contribution in [0.1, 0.15) is 36.2 Å². The maximum atomic E-state index is 13.0. The number of carbonyl (C=O) groups is 3. The van der Waals surface area contributed by atoms with Crippen LogP contribution in [0.15, 0.2) is 24.3 Å². The van der Waals surface area contributed by atoms with Gasteiger partial charge in [-0.1, -0.05) is 19.1 Å². The molecule has 0 aliphatic rings. The third kappa shape index (κ3) is 5.77. The molecule has 1 rings (SSSR count). The Bertz CT molecular complexity index is 645. The van der Waals surface area contributed by atoms with E-state index in [1.807, 2.05) is 5.32 Å². The second-order valence-corrected chi connectivity index (χ2v) is 5.32. The van der Waals surface area contributed by atoms with Crippen molar-refractivity contribution in [1.29, 1.82) is 0 Å². The summed E-state index contributed by atoms with van der Waals surface area (Å²) in [4.78, 5) is 34.9. The van der Waals surface area contributed by atoms with Crippen molar-refractivity contribution in [1.82, 2.24) is 5.32 Å². The SMILES string of the molecule is CCOC(=O)C[C@H](C)[C@@H](NC(=O)c1ccccc1C(F)(F)F)C(=O)O. The molecule has 25 heavy (non-hydrogen) atoms. The lowest BCUT2D eigenvalue weighted by atomic mass is 9.97. The zero-order chi connectivity index (χ0) is 19.2. The van der Waals surface area contributed by atoms with E-state index < -0.39 is 47.1 Å². The van der Waals surface area contributed by atoms with Gasteiger partial charge in [-0.2, -0.15) is 13.2 Å². The van der Waals surface area contributed by atoms with Crippen molar-refractivity contribution in [2.45, 2.75) is 32.5 Å². The maximum absolute atomic E-state index is 13.0. The second-order valence-electron chi connectivity index (χ2n) is 5.32. The van der Waals surface area contributed by atoms with Gasteiger partial charge in [-0.05, 0) is 25.0 Å². The second kappa shape index (κ2) is 8.50. The quantitative estimate of drug-likeness (QED) is 0.728. The van der Waals surface area contributed by atoms with E-state index in [1.165, 1.54) is 13.0 Å². The van der Waals surface area contributed by atoms with Crippen LogP contribution in [-0.2, 0) is 20.5 Å². The zero-order valence-electron chi connectivity index (χ0n) is 13.6. The number of carbonyl (C=O) groups excluding carboxylic acids is 2. The lowest BCUT2D eigenvalue weighted by Crippen LogP contribution is -2.46. The minimum absolute atomic E-state index is 0.106. The number of ether oxygens (including phenoxy) is 1. The van der Waals surface area contributed by atoms with Crippen LogP contribution >= 0.6 is 0 Å². The van der Waals surface area contributed by atoms with Gasteiger partial charge < -0.3 is 15.2 Å². The van der Waals surface area contributed by atoms with Gasteiger partial charge in [-0.3, -0.25) is 9.59 Å². The molecule has 0 aliphatic heterocycles. The van der Waals surface area contributed by atoms with Crippen molar-refractivity contribution < 1.29 is 37.4 Å².